The standard InChI is InChI=1S/C14H30N2/c1-4-15-12-14(10-8-7-9-11-14)13-16(5-2)6-3/h15H,4-13H2,1-3H3. The van der Waals surface area contributed by atoms with E-state index in [4.69, 9.17) is 0 Å². The Morgan fingerprint density at radius 3 is 2.12 bits per heavy atom. The molecular weight excluding hydrogens is 196 g/mol. The highest BCUT2D eigenvalue weighted by Crippen LogP contribution is 2.36. The van der Waals surface area contributed by atoms with Crippen molar-refractivity contribution in [2.75, 3.05) is 32.7 Å². The first-order chi connectivity index (χ1) is 7.76. The van der Waals surface area contributed by atoms with E-state index in [9.17, 15) is 0 Å². The van der Waals surface area contributed by atoms with Gasteiger partial charge in [-0.05, 0) is 37.9 Å². The van der Waals surface area contributed by atoms with Gasteiger partial charge in [0.05, 0.1) is 0 Å². The van der Waals surface area contributed by atoms with Gasteiger partial charge in [0.2, 0.25) is 0 Å². The van der Waals surface area contributed by atoms with Crippen LogP contribution in [0.5, 0.6) is 0 Å². The van der Waals surface area contributed by atoms with Gasteiger partial charge in [0, 0.05) is 13.1 Å². The first-order valence-corrected chi connectivity index (χ1v) is 7.19. The lowest BCUT2D eigenvalue weighted by Crippen LogP contribution is -2.45. The third-order valence-corrected chi connectivity index (χ3v) is 4.12. The highest BCUT2D eigenvalue weighted by molar-refractivity contribution is 4.87. The largest absolute Gasteiger partial charge is 0.316 e. The van der Waals surface area contributed by atoms with Crippen molar-refractivity contribution in [2.45, 2.75) is 52.9 Å². The molecular formula is C14H30N2. The number of rotatable bonds is 7. The zero-order chi connectivity index (χ0) is 11.9. The van der Waals surface area contributed by atoms with Crippen molar-refractivity contribution in [1.82, 2.24) is 10.2 Å². The summed E-state index contributed by atoms with van der Waals surface area (Å²) >= 11 is 0. The second kappa shape index (κ2) is 7.29. The lowest BCUT2D eigenvalue weighted by Gasteiger charge is -2.41. The summed E-state index contributed by atoms with van der Waals surface area (Å²) in [6, 6.07) is 0. The molecule has 1 aliphatic carbocycles. The minimum atomic E-state index is 0.570. The predicted octanol–water partition coefficient (Wildman–Crippen LogP) is 2.89. The quantitative estimate of drug-likeness (QED) is 0.718. The molecule has 0 spiro atoms. The Morgan fingerprint density at radius 2 is 1.62 bits per heavy atom. The maximum Gasteiger partial charge on any atom is 0.00499 e. The monoisotopic (exact) mass is 226 g/mol. The summed E-state index contributed by atoms with van der Waals surface area (Å²) in [4.78, 5) is 2.60. The summed E-state index contributed by atoms with van der Waals surface area (Å²) in [5.41, 5.74) is 0.570. The molecule has 0 radical (unpaired) electrons. The summed E-state index contributed by atoms with van der Waals surface area (Å²) in [7, 11) is 0. The maximum absolute atomic E-state index is 3.59. The smallest absolute Gasteiger partial charge is 0.00499 e. The molecule has 0 saturated heterocycles. The number of nitrogens with one attached hydrogen (secondary N) is 1. The zero-order valence-corrected chi connectivity index (χ0v) is 11.5. The molecule has 2 nitrogen and oxygen atoms in total. The van der Waals surface area contributed by atoms with E-state index in [2.05, 4.69) is 31.0 Å². The lowest BCUT2D eigenvalue weighted by molar-refractivity contribution is 0.109. The molecule has 0 aliphatic heterocycles. The fourth-order valence-electron chi connectivity index (χ4n) is 3.00. The number of nitrogens with zero attached hydrogens (tertiary/aromatic N) is 1. The molecule has 0 amide bonds. The SMILES string of the molecule is CCNCC1(CN(CC)CC)CCCCC1. The first kappa shape index (κ1) is 14.0. The van der Waals surface area contributed by atoms with E-state index >= 15 is 0 Å². The van der Waals surface area contributed by atoms with Gasteiger partial charge in [0.25, 0.3) is 0 Å². The van der Waals surface area contributed by atoms with Crippen molar-refractivity contribution in [3.05, 3.63) is 0 Å². The molecule has 1 fully saturated rings. The van der Waals surface area contributed by atoms with E-state index < -0.39 is 0 Å². The van der Waals surface area contributed by atoms with Gasteiger partial charge in [-0.25, -0.2) is 0 Å². The van der Waals surface area contributed by atoms with Gasteiger partial charge in [-0.3, -0.25) is 0 Å². The average molecular weight is 226 g/mol. The van der Waals surface area contributed by atoms with Crippen molar-refractivity contribution < 1.29 is 0 Å². The molecule has 0 unspecified atom stereocenters. The van der Waals surface area contributed by atoms with Gasteiger partial charge >= 0.3 is 0 Å². The van der Waals surface area contributed by atoms with E-state index in [0.717, 1.165) is 6.54 Å². The summed E-state index contributed by atoms with van der Waals surface area (Å²) in [6.07, 6.45) is 7.18. The fraction of sp³-hybridized carbons (Fsp3) is 1.00. The van der Waals surface area contributed by atoms with Crippen molar-refractivity contribution in [2.24, 2.45) is 5.41 Å². The molecule has 1 rings (SSSR count). The average Bonchev–Trinajstić information content (AvgIpc) is 2.35. The van der Waals surface area contributed by atoms with Crippen LogP contribution in [0.15, 0.2) is 0 Å². The molecule has 1 N–H and O–H groups in total. The van der Waals surface area contributed by atoms with Crippen LogP contribution in [0.4, 0.5) is 0 Å². The van der Waals surface area contributed by atoms with Crippen LogP contribution in [-0.4, -0.2) is 37.6 Å². The van der Waals surface area contributed by atoms with Crippen LogP contribution in [0.3, 0.4) is 0 Å². The Hall–Kier alpha value is -0.0800. The minimum absolute atomic E-state index is 0.570. The molecule has 1 saturated carbocycles. The molecule has 0 aromatic rings. The Balaban J connectivity index is 2.54. The summed E-state index contributed by atoms with van der Waals surface area (Å²) in [5.74, 6) is 0. The molecule has 1 aliphatic rings. The van der Waals surface area contributed by atoms with Gasteiger partial charge in [-0.2, -0.15) is 0 Å². The summed E-state index contributed by atoms with van der Waals surface area (Å²) in [6.45, 7) is 12.8. The topological polar surface area (TPSA) is 15.3 Å². The van der Waals surface area contributed by atoms with Crippen LogP contribution in [0.1, 0.15) is 52.9 Å². The Kier molecular flexibility index (Phi) is 6.37. The van der Waals surface area contributed by atoms with Crippen molar-refractivity contribution in [1.29, 1.82) is 0 Å². The van der Waals surface area contributed by atoms with Crippen LogP contribution in [0.25, 0.3) is 0 Å². The molecule has 0 aromatic carbocycles. The second-order valence-electron chi connectivity index (χ2n) is 5.30. The first-order valence-electron chi connectivity index (χ1n) is 7.19. The summed E-state index contributed by atoms with van der Waals surface area (Å²) in [5, 5.41) is 3.59. The Bertz CT molecular complexity index is 170. The molecule has 16 heavy (non-hydrogen) atoms. The van der Waals surface area contributed by atoms with Gasteiger partial charge in [-0.1, -0.05) is 40.0 Å². The van der Waals surface area contributed by atoms with Gasteiger partial charge < -0.3 is 10.2 Å². The van der Waals surface area contributed by atoms with E-state index in [1.807, 2.05) is 0 Å². The molecule has 2 heteroatoms. The molecule has 0 bridgehead atoms. The van der Waals surface area contributed by atoms with Gasteiger partial charge in [-0.15, -0.1) is 0 Å². The predicted molar refractivity (Wildman–Crippen MR) is 71.8 cm³/mol. The normalized spacial score (nSPS) is 20.2. The molecule has 0 aromatic heterocycles. The van der Waals surface area contributed by atoms with Crippen LogP contribution >= 0.6 is 0 Å². The van der Waals surface area contributed by atoms with Crippen LogP contribution in [0, 0.1) is 5.41 Å². The zero-order valence-electron chi connectivity index (χ0n) is 11.5. The van der Waals surface area contributed by atoms with Crippen LogP contribution < -0.4 is 5.32 Å². The fourth-order valence-corrected chi connectivity index (χ4v) is 3.00. The number of hydrogen-bond acceptors (Lipinski definition) is 2. The highest BCUT2D eigenvalue weighted by Gasteiger charge is 2.32. The van der Waals surface area contributed by atoms with E-state index in [-0.39, 0.29) is 0 Å². The van der Waals surface area contributed by atoms with Gasteiger partial charge in [0.1, 0.15) is 0 Å². The van der Waals surface area contributed by atoms with E-state index in [1.165, 1.54) is 58.3 Å². The third kappa shape index (κ3) is 4.06. The Labute approximate surface area is 102 Å². The second-order valence-corrected chi connectivity index (χ2v) is 5.30. The van der Waals surface area contributed by atoms with E-state index in [1.54, 1.807) is 0 Å². The summed E-state index contributed by atoms with van der Waals surface area (Å²) < 4.78 is 0. The van der Waals surface area contributed by atoms with Crippen LogP contribution in [-0.2, 0) is 0 Å². The van der Waals surface area contributed by atoms with Crippen molar-refractivity contribution in [3.8, 4) is 0 Å². The molecule has 0 heterocycles. The molecule has 0 atom stereocenters. The highest BCUT2D eigenvalue weighted by atomic mass is 15.1. The van der Waals surface area contributed by atoms with Gasteiger partial charge in [0.15, 0.2) is 0 Å². The van der Waals surface area contributed by atoms with Crippen molar-refractivity contribution in [3.63, 3.8) is 0 Å². The minimum Gasteiger partial charge on any atom is -0.316 e. The van der Waals surface area contributed by atoms with Crippen molar-refractivity contribution >= 4 is 0 Å². The maximum atomic E-state index is 3.59. The Morgan fingerprint density at radius 1 is 1.00 bits per heavy atom. The molecule has 96 valence electrons. The lowest BCUT2D eigenvalue weighted by atomic mass is 9.73. The van der Waals surface area contributed by atoms with E-state index in [0.29, 0.717) is 5.41 Å². The number of hydrogen-bond donors (Lipinski definition) is 1. The third-order valence-electron chi connectivity index (χ3n) is 4.12. The van der Waals surface area contributed by atoms with Crippen LogP contribution in [0.2, 0.25) is 0 Å².